The van der Waals surface area contributed by atoms with Crippen LogP contribution in [0.3, 0.4) is 0 Å². The Hall–Kier alpha value is -2.64. The van der Waals surface area contributed by atoms with Gasteiger partial charge in [0.25, 0.3) is 0 Å². The van der Waals surface area contributed by atoms with Crippen LogP contribution < -0.4 is 9.47 Å². The van der Waals surface area contributed by atoms with Crippen molar-refractivity contribution in [1.29, 1.82) is 0 Å². The Morgan fingerprint density at radius 1 is 0.824 bits per heavy atom. The SMILES string of the molecule is COc1cc([C@@H](O[C@@H]2O[C@H](CO)[C@@H](O)[C@H](O)[C@H]2O)[C@@H](CO)c2ccc(O)c(OC)c2)ccc1O. The minimum atomic E-state index is -1.67. The topological polar surface area (TPSA) is 179 Å². The third-order valence-corrected chi connectivity index (χ3v) is 5.86. The van der Waals surface area contributed by atoms with Gasteiger partial charge in [-0.1, -0.05) is 12.1 Å². The molecule has 0 spiro atoms. The van der Waals surface area contributed by atoms with E-state index in [4.69, 9.17) is 18.9 Å². The number of aromatic hydroxyl groups is 2. The van der Waals surface area contributed by atoms with Gasteiger partial charge in [0, 0.05) is 5.92 Å². The molecule has 7 N–H and O–H groups in total. The van der Waals surface area contributed by atoms with Crippen molar-refractivity contribution in [2.24, 2.45) is 0 Å². The third kappa shape index (κ3) is 5.20. The molecule has 1 saturated heterocycles. The van der Waals surface area contributed by atoms with Crippen molar-refractivity contribution in [1.82, 2.24) is 0 Å². The Balaban J connectivity index is 2.05. The number of aliphatic hydroxyl groups excluding tert-OH is 5. The molecule has 11 heteroatoms. The smallest absolute Gasteiger partial charge is 0.187 e. The normalized spacial score (nSPS) is 26.6. The van der Waals surface area contributed by atoms with E-state index in [9.17, 15) is 35.7 Å². The molecule has 2 aromatic carbocycles. The fourth-order valence-corrected chi connectivity index (χ4v) is 3.90. The van der Waals surface area contributed by atoms with Crippen molar-refractivity contribution in [2.75, 3.05) is 27.4 Å². The second-order valence-electron chi connectivity index (χ2n) is 7.91. The van der Waals surface area contributed by atoms with E-state index in [1.165, 1.54) is 44.6 Å². The first-order valence-corrected chi connectivity index (χ1v) is 10.6. The first-order chi connectivity index (χ1) is 16.2. The van der Waals surface area contributed by atoms with Crippen LogP contribution in [0.25, 0.3) is 0 Å². The molecule has 0 saturated carbocycles. The molecule has 1 aliphatic rings. The summed E-state index contributed by atoms with van der Waals surface area (Å²) in [6.45, 7) is -1.10. The van der Waals surface area contributed by atoms with Gasteiger partial charge in [0.05, 0.1) is 33.5 Å². The lowest BCUT2D eigenvalue weighted by Crippen LogP contribution is -2.59. The van der Waals surface area contributed by atoms with Crippen LogP contribution in [0.5, 0.6) is 23.0 Å². The molecule has 11 nitrogen and oxygen atoms in total. The van der Waals surface area contributed by atoms with E-state index in [-0.39, 0.29) is 23.0 Å². The van der Waals surface area contributed by atoms with Gasteiger partial charge in [-0.05, 0) is 35.4 Å². The number of ether oxygens (including phenoxy) is 4. The molecule has 0 aromatic heterocycles. The lowest BCUT2D eigenvalue weighted by Gasteiger charge is -2.42. The van der Waals surface area contributed by atoms with Crippen LogP contribution in [0.4, 0.5) is 0 Å². The van der Waals surface area contributed by atoms with E-state index in [0.717, 1.165) is 0 Å². The predicted octanol–water partition coefficient (Wildman–Crippen LogP) is -0.251. The molecule has 1 aliphatic heterocycles. The Morgan fingerprint density at radius 2 is 1.38 bits per heavy atom. The van der Waals surface area contributed by atoms with E-state index < -0.39 is 55.9 Å². The van der Waals surface area contributed by atoms with Crippen molar-refractivity contribution in [3.8, 4) is 23.0 Å². The summed E-state index contributed by atoms with van der Waals surface area (Å²) in [7, 11) is 2.74. The summed E-state index contributed by atoms with van der Waals surface area (Å²) in [5, 5.41) is 70.5. The molecule has 1 fully saturated rings. The molecule has 0 bridgehead atoms. The molecule has 0 unspecified atom stereocenters. The van der Waals surface area contributed by atoms with Gasteiger partial charge in [-0.15, -0.1) is 0 Å². The average molecular weight is 482 g/mol. The highest BCUT2D eigenvalue weighted by atomic mass is 16.7. The van der Waals surface area contributed by atoms with E-state index in [2.05, 4.69) is 0 Å². The molecule has 0 aliphatic carbocycles. The maximum Gasteiger partial charge on any atom is 0.187 e. The zero-order valence-corrected chi connectivity index (χ0v) is 18.7. The summed E-state index contributed by atoms with van der Waals surface area (Å²) in [5.74, 6) is -0.771. The highest BCUT2D eigenvalue weighted by Crippen LogP contribution is 2.41. The van der Waals surface area contributed by atoms with Crippen LogP contribution in [0.2, 0.25) is 0 Å². The van der Waals surface area contributed by atoms with Gasteiger partial charge in [0.2, 0.25) is 0 Å². The van der Waals surface area contributed by atoms with E-state index in [1.807, 2.05) is 0 Å². The van der Waals surface area contributed by atoms with Gasteiger partial charge in [-0.3, -0.25) is 0 Å². The summed E-state index contributed by atoms with van der Waals surface area (Å²) in [5.41, 5.74) is 0.913. The van der Waals surface area contributed by atoms with E-state index in [0.29, 0.717) is 11.1 Å². The van der Waals surface area contributed by atoms with Gasteiger partial charge in [0.15, 0.2) is 29.3 Å². The van der Waals surface area contributed by atoms with Gasteiger partial charge in [-0.25, -0.2) is 0 Å². The van der Waals surface area contributed by atoms with Gasteiger partial charge in [0.1, 0.15) is 24.4 Å². The maximum atomic E-state index is 10.5. The zero-order chi connectivity index (χ0) is 25.0. The number of rotatable bonds is 9. The number of phenols is 2. The summed E-state index contributed by atoms with van der Waals surface area (Å²) in [4.78, 5) is 0. The first-order valence-electron chi connectivity index (χ1n) is 10.6. The molecule has 7 atom stereocenters. The predicted molar refractivity (Wildman–Crippen MR) is 117 cm³/mol. The van der Waals surface area contributed by atoms with Crippen molar-refractivity contribution in [3.05, 3.63) is 47.5 Å². The number of benzene rings is 2. The molecule has 0 radical (unpaired) electrons. The Morgan fingerprint density at radius 3 is 1.91 bits per heavy atom. The molecular weight excluding hydrogens is 452 g/mol. The fourth-order valence-electron chi connectivity index (χ4n) is 3.90. The lowest BCUT2D eigenvalue weighted by molar-refractivity contribution is -0.314. The van der Waals surface area contributed by atoms with Crippen molar-refractivity contribution in [3.63, 3.8) is 0 Å². The van der Waals surface area contributed by atoms with Crippen LogP contribution in [-0.2, 0) is 9.47 Å². The molecule has 34 heavy (non-hydrogen) atoms. The van der Waals surface area contributed by atoms with Crippen molar-refractivity contribution in [2.45, 2.75) is 42.7 Å². The van der Waals surface area contributed by atoms with Crippen LogP contribution >= 0.6 is 0 Å². The number of aliphatic hydroxyl groups is 5. The standard InChI is InChI=1S/C23H30O11/c1-31-16-7-11(3-5-14(16)26)13(9-24)22(12-4-6-15(27)17(8-12)32-2)34-23-21(30)20(29)19(28)18(10-25)33-23/h3-8,13,18-30H,9-10H2,1-2H3/t13-,18+,19+,20-,21+,22+,23-/m0/s1. The van der Waals surface area contributed by atoms with Crippen LogP contribution in [0.1, 0.15) is 23.1 Å². The quantitative estimate of drug-likeness (QED) is 0.251. The minimum absolute atomic E-state index is 0.111. The number of phenolic OH excluding ortho intramolecular Hbond substituents is 2. The van der Waals surface area contributed by atoms with E-state index >= 15 is 0 Å². The Bertz CT molecular complexity index is 951. The first kappa shape index (κ1) is 26.0. The molecule has 188 valence electrons. The number of hydrogen-bond donors (Lipinski definition) is 7. The summed E-state index contributed by atoms with van der Waals surface area (Å²) in [6, 6.07) is 8.82. The fraction of sp³-hybridized carbons (Fsp3) is 0.478. The molecule has 2 aromatic rings. The summed E-state index contributed by atoms with van der Waals surface area (Å²) >= 11 is 0. The highest BCUT2D eigenvalue weighted by molar-refractivity contribution is 5.46. The van der Waals surface area contributed by atoms with Crippen LogP contribution in [0.15, 0.2) is 36.4 Å². The molecule has 3 rings (SSSR count). The number of hydrogen-bond acceptors (Lipinski definition) is 11. The number of methoxy groups -OCH3 is 2. The second-order valence-corrected chi connectivity index (χ2v) is 7.91. The van der Waals surface area contributed by atoms with Crippen LogP contribution in [0, 0.1) is 0 Å². The van der Waals surface area contributed by atoms with E-state index in [1.54, 1.807) is 6.07 Å². The molecule has 1 heterocycles. The molecular formula is C23H30O11. The summed E-state index contributed by atoms with van der Waals surface area (Å²) < 4.78 is 21.9. The highest BCUT2D eigenvalue weighted by Gasteiger charge is 2.45. The monoisotopic (exact) mass is 482 g/mol. The maximum absolute atomic E-state index is 10.5. The van der Waals surface area contributed by atoms with Gasteiger partial charge in [-0.2, -0.15) is 0 Å². The summed E-state index contributed by atoms with van der Waals surface area (Å²) in [6.07, 6.45) is -8.63. The third-order valence-electron chi connectivity index (χ3n) is 5.86. The Kier molecular flexibility index (Phi) is 8.55. The minimum Gasteiger partial charge on any atom is -0.504 e. The second kappa shape index (κ2) is 11.2. The van der Waals surface area contributed by atoms with Gasteiger partial charge < -0.3 is 54.7 Å². The zero-order valence-electron chi connectivity index (χ0n) is 18.7. The molecule has 0 amide bonds. The lowest BCUT2D eigenvalue weighted by atomic mass is 9.88. The Labute approximate surface area is 196 Å². The van der Waals surface area contributed by atoms with Gasteiger partial charge >= 0.3 is 0 Å². The van der Waals surface area contributed by atoms with Crippen molar-refractivity contribution >= 4 is 0 Å². The largest absolute Gasteiger partial charge is 0.504 e. The van der Waals surface area contributed by atoms with Crippen molar-refractivity contribution < 1.29 is 54.7 Å². The van der Waals surface area contributed by atoms with Crippen LogP contribution in [-0.4, -0.2) is 93.9 Å². The average Bonchev–Trinajstić information content (AvgIpc) is 2.85.